The second-order valence-corrected chi connectivity index (χ2v) is 11.0. The van der Waals surface area contributed by atoms with Crippen LogP contribution in [0.1, 0.15) is 39.0 Å². The second kappa shape index (κ2) is 12.8. The van der Waals surface area contributed by atoms with Gasteiger partial charge in [-0.05, 0) is 70.3 Å². The van der Waals surface area contributed by atoms with Crippen LogP contribution < -0.4 is 10.6 Å². The summed E-state index contributed by atoms with van der Waals surface area (Å²) >= 11 is 0. The van der Waals surface area contributed by atoms with E-state index < -0.39 is 9.84 Å². The van der Waals surface area contributed by atoms with Crippen LogP contribution in [0.5, 0.6) is 0 Å². The lowest BCUT2D eigenvalue weighted by Crippen LogP contribution is -2.32. The average Bonchev–Trinajstić information content (AvgIpc) is 3.32. The van der Waals surface area contributed by atoms with Gasteiger partial charge in [0, 0.05) is 24.5 Å². The molecule has 2 aliphatic heterocycles. The SMILES string of the molecule is C=C(OCCCN1CCCC1)/C(=C\C=C(/C)Nc1nccc(NC2CCS(=O)(=O)CC2)n1)OC. The van der Waals surface area contributed by atoms with Crippen LogP contribution in [-0.4, -0.2) is 74.2 Å². The zero-order valence-corrected chi connectivity index (χ0v) is 21.1. The molecule has 34 heavy (non-hydrogen) atoms. The summed E-state index contributed by atoms with van der Waals surface area (Å²) in [5.41, 5.74) is 0.817. The summed E-state index contributed by atoms with van der Waals surface area (Å²) in [6.45, 7) is 9.92. The van der Waals surface area contributed by atoms with Crippen molar-refractivity contribution in [1.82, 2.24) is 14.9 Å². The third kappa shape index (κ3) is 8.64. The molecule has 188 valence electrons. The van der Waals surface area contributed by atoms with Crippen LogP contribution >= 0.6 is 0 Å². The van der Waals surface area contributed by atoms with Gasteiger partial charge in [0.05, 0.1) is 25.2 Å². The van der Waals surface area contributed by atoms with Crippen LogP contribution in [0.4, 0.5) is 11.8 Å². The molecule has 9 nitrogen and oxygen atoms in total. The topological polar surface area (TPSA) is 106 Å². The number of sulfone groups is 1. The standard InChI is InChI=1S/C24H37N5O4S/c1-19(7-8-22(32-3)20(2)33-16-6-15-29-13-4-5-14-29)26-24-25-12-9-23(28-24)27-21-10-17-34(30,31)18-11-21/h7-9,12,21H,2,4-6,10-11,13-18H2,1,3H3,(H2,25,26,27,28)/b19-7+,22-8+. The van der Waals surface area contributed by atoms with Gasteiger partial charge in [0.25, 0.3) is 0 Å². The Kier molecular flexibility index (Phi) is 9.76. The Bertz CT molecular complexity index is 973. The van der Waals surface area contributed by atoms with Crippen LogP contribution in [0.15, 0.2) is 48.2 Å². The minimum Gasteiger partial charge on any atom is -0.493 e. The Morgan fingerprint density at radius 3 is 2.71 bits per heavy atom. The van der Waals surface area contributed by atoms with Crippen molar-refractivity contribution in [2.45, 2.75) is 45.1 Å². The Balaban J connectivity index is 1.47. The fourth-order valence-corrected chi connectivity index (χ4v) is 5.49. The van der Waals surface area contributed by atoms with Crippen LogP contribution in [0.25, 0.3) is 0 Å². The molecule has 1 aromatic rings. The quantitative estimate of drug-likeness (QED) is 0.259. The summed E-state index contributed by atoms with van der Waals surface area (Å²) < 4.78 is 34.4. The van der Waals surface area contributed by atoms with Gasteiger partial charge in [0.1, 0.15) is 15.7 Å². The minimum absolute atomic E-state index is 0.0940. The monoisotopic (exact) mass is 491 g/mol. The maximum atomic E-state index is 11.6. The Hall–Kier alpha value is -2.59. The minimum atomic E-state index is -2.89. The molecule has 0 aliphatic carbocycles. The van der Waals surface area contributed by atoms with Crippen molar-refractivity contribution in [2.24, 2.45) is 0 Å². The first-order valence-electron chi connectivity index (χ1n) is 11.9. The van der Waals surface area contributed by atoms with Gasteiger partial charge in [-0.1, -0.05) is 6.58 Å². The Morgan fingerprint density at radius 2 is 2.00 bits per heavy atom. The van der Waals surface area contributed by atoms with Crippen molar-refractivity contribution in [3.05, 3.63) is 48.2 Å². The van der Waals surface area contributed by atoms with Crippen LogP contribution in [0.2, 0.25) is 0 Å². The van der Waals surface area contributed by atoms with Gasteiger partial charge < -0.3 is 25.0 Å². The predicted octanol–water partition coefficient (Wildman–Crippen LogP) is 3.33. The van der Waals surface area contributed by atoms with Crippen molar-refractivity contribution in [2.75, 3.05) is 55.5 Å². The lowest BCUT2D eigenvalue weighted by Gasteiger charge is -2.23. The molecular formula is C24H37N5O4S. The van der Waals surface area contributed by atoms with Crippen LogP contribution in [0, 0.1) is 0 Å². The van der Waals surface area contributed by atoms with E-state index >= 15 is 0 Å². The maximum Gasteiger partial charge on any atom is 0.228 e. The zero-order valence-electron chi connectivity index (χ0n) is 20.3. The molecule has 3 rings (SSSR count). The number of nitrogens with zero attached hydrogens (tertiary/aromatic N) is 3. The van der Waals surface area contributed by atoms with Gasteiger partial charge >= 0.3 is 0 Å². The molecule has 0 saturated carbocycles. The van der Waals surface area contributed by atoms with E-state index in [-0.39, 0.29) is 17.5 Å². The summed E-state index contributed by atoms with van der Waals surface area (Å²) in [5.74, 6) is 2.61. The number of anilines is 2. The Labute approximate surface area is 203 Å². The van der Waals surface area contributed by atoms with Gasteiger partial charge in [-0.15, -0.1) is 0 Å². The van der Waals surface area contributed by atoms with E-state index in [0.29, 0.717) is 42.7 Å². The molecule has 1 aromatic heterocycles. The van der Waals surface area contributed by atoms with E-state index in [2.05, 4.69) is 32.1 Å². The van der Waals surface area contributed by atoms with Gasteiger partial charge in [-0.2, -0.15) is 4.98 Å². The molecule has 3 heterocycles. The Morgan fingerprint density at radius 1 is 1.26 bits per heavy atom. The van der Waals surface area contributed by atoms with E-state index in [1.807, 2.05) is 13.0 Å². The van der Waals surface area contributed by atoms with Gasteiger partial charge in [0.2, 0.25) is 5.95 Å². The number of rotatable bonds is 12. The summed E-state index contributed by atoms with van der Waals surface area (Å²) in [6.07, 6.45) is 10.0. The first kappa shape index (κ1) is 26.0. The van der Waals surface area contributed by atoms with Gasteiger partial charge in [0.15, 0.2) is 11.5 Å². The molecule has 0 spiro atoms. The number of hydrogen-bond acceptors (Lipinski definition) is 9. The zero-order chi connectivity index (χ0) is 24.4. The van der Waals surface area contributed by atoms with Crippen molar-refractivity contribution in [1.29, 1.82) is 0 Å². The molecule has 0 amide bonds. The normalized spacial score (nSPS) is 19.6. The average molecular weight is 492 g/mol. The fourth-order valence-electron chi connectivity index (χ4n) is 4.00. The van der Waals surface area contributed by atoms with E-state index in [9.17, 15) is 8.42 Å². The summed E-state index contributed by atoms with van der Waals surface area (Å²) in [7, 11) is -1.30. The highest BCUT2D eigenvalue weighted by Gasteiger charge is 2.23. The maximum absolute atomic E-state index is 11.6. The molecule has 0 atom stereocenters. The molecule has 2 saturated heterocycles. The molecule has 2 N–H and O–H groups in total. The first-order valence-corrected chi connectivity index (χ1v) is 13.7. The number of hydrogen-bond donors (Lipinski definition) is 2. The molecule has 0 bridgehead atoms. The molecule has 0 radical (unpaired) electrons. The van der Waals surface area contributed by atoms with E-state index in [1.54, 1.807) is 25.4 Å². The largest absolute Gasteiger partial charge is 0.493 e. The molecule has 2 aliphatic rings. The third-order valence-electron chi connectivity index (χ3n) is 5.94. The van der Waals surface area contributed by atoms with Crippen molar-refractivity contribution in [3.63, 3.8) is 0 Å². The highest BCUT2D eigenvalue weighted by atomic mass is 32.2. The molecule has 0 unspecified atom stereocenters. The number of ether oxygens (including phenoxy) is 2. The first-order chi connectivity index (χ1) is 16.3. The van der Waals surface area contributed by atoms with Crippen LogP contribution in [0.3, 0.4) is 0 Å². The lowest BCUT2D eigenvalue weighted by molar-refractivity contribution is 0.165. The summed E-state index contributed by atoms with van der Waals surface area (Å²) in [5, 5.41) is 6.47. The second-order valence-electron chi connectivity index (χ2n) is 8.72. The number of nitrogens with one attached hydrogen (secondary N) is 2. The highest BCUT2D eigenvalue weighted by Crippen LogP contribution is 2.18. The smallest absolute Gasteiger partial charge is 0.228 e. The van der Waals surface area contributed by atoms with Crippen molar-refractivity contribution in [3.8, 4) is 0 Å². The third-order valence-corrected chi connectivity index (χ3v) is 7.66. The van der Waals surface area contributed by atoms with E-state index in [1.165, 1.54) is 25.9 Å². The number of methoxy groups -OCH3 is 1. The number of aromatic nitrogens is 2. The number of allylic oxidation sites excluding steroid dienone is 3. The predicted molar refractivity (Wildman–Crippen MR) is 135 cm³/mol. The van der Waals surface area contributed by atoms with Gasteiger partial charge in [-0.25, -0.2) is 13.4 Å². The molecule has 0 aromatic carbocycles. The van der Waals surface area contributed by atoms with E-state index in [0.717, 1.165) is 18.7 Å². The molecular weight excluding hydrogens is 454 g/mol. The lowest BCUT2D eigenvalue weighted by atomic mass is 10.1. The highest BCUT2D eigenvalue weighted by molar-refractivity contribution is 7.91. The number of likely N-dealkylation sites (tertiary alicyclic amines) is 1. The molecule has 10 heteroatoms. The van der Waals surface area contributed by atoms with Gasteiger partial charge in [-0.3, -0.25) is 0 Å². The molecule has 2 fully saturated rings. The van der Waals surface area contributed by atoms with Crippen molar-refractivity contribution >= 4 is 21.6 Å². The van der Waals surface area contributed by atoms with Crippen molar-refractivity contribution < 1.29 is 17.9 Å². The van der Waals surface area contributed by atoms with E-state index in [4.69, 9.17) is 9.47 Å². The summed E-state index contributed by atoms with van der Waals surface area (Å²) in [4.78, 5) is 11.2. The van der Waals surface area contributed by atoms with Crippen LogP contribution in [-0.2, 0) is 19.3 Å². The summed E-state index contributed by atoms with van der Waals surface area (Å²) in [6, 6.07) is 1.87. The fraction of sp³-hybridized carbons (Fsp3) is 0.583.